The molecule has 1 unspecified atom stereocenters. The minimum Gasteiger partial charge on any atom is -0.338 e. The number of hydrogen-bond acceptors (Lipinski definition) is 5. The fourth-order valence-corrected chi connectivity index (χ4v) is 6.78. The maximum Gasteiger partial charge on any atom is 0.233 e. The van der Waals surface area contributed by atoms with Gasteiger partial charge in [0.2, 0.25) is 5.91 Å². The molecule has 0 saturated carbocycles. The molecule has 174 valence electrons. The first-order valence-electron chi connectivity index (χ1n) is 11.2. The summed E-state index contributed by atoms with van der Waals surface area (Å²) >= 11 is 1.39. The summed E-state index contributed by atoms with van der Waals surface area (Å²) in [4.78, 5) is 19.5. The predicted molar refractivity (Wildman–Crippen MR) is 134 cm³/mol. The van der Waals surface area contributed by atoms with Crippen LogP contribution in [-0.2, 0) is 14.6 Å². The number of rotatable bonds is 8. The molecule has 0 N–H and O–H groups in total. The number of thioether (sulfide) groups is 1. The van der Waals surface area contributed by atoms with Crippen LogP contribution < -0.4 is 0 Å². The van der Waals surface area contributed by atoms with E-state index in [1.165, 1.54) is 17.3 Å². The van der Waals surface area contributed by atoms with Crippen LogP contribution in [0.2, 0.25) is 0 Å². The summed E-state index contributed by atoms with van der Waals surface area (Å²) in [6, 6.07) is 18.1. The molecule has 1 saturated heterocycles. The number of sulfone groups is 1. The van der Waals surface area contributed by atoms with Crippen molar-refractivity contribution in [3.8, 4) is 16.9 Å². The largest absolute Gasteiger partial charge is 0.338 e. The molecule has 6 nitrogen and oxygen atoms in total. The van der Waals surface area contributed by atoms with Gasteiger partial charge in [0.15, 0.2) is 15.0 Å². The summed E-state index contributed by atoms with van der Waals surface area (Å²) in [5.41, 5.74) is 4.19. The fraction of sp³-hybridized carbons (Fsp3) is 0.360. The third kappa shape index (κ3) is 5.50. The molecular weight excluding hydrogens is 454 g/mol. The van der Waals surface area contributed by atoms with E-state index in [-0.39, 0.29) is 29.2 Å². The highest BCUT2D eigenvalue weighted by atomic mass is 32.2. The van der Waals surface area contributed by atoms with Crippen LogP contribution in [0.4, 0.5) is 0 Å². The monoisotopic (exact) mass is 483 g/mol. The van der Waals surface area contributed by atoms with Crippen molar-refractivity contribution in [2.45, 2.75) is 37.9 Å². The van der Waals surface area contributed by atoms with Gasteiger partial charge in [-0.05, 0) is 31.9 Å². The van der Waals surface area contributed by atoms with Crippen LogP contribution in [0, 0.1) is 6.92 Å². The first kappa shape index (κ1) is 23.6. The van der Waals surface area contributed by atoms with Crippen LogP contribution in [0.5, 0.6) is 0 Å². The number of carbonyl (C=O) groups is 1. The summed E-state index contributed by atoms with van der Waals surface area (Å²) in [7, 11) is -3.05. The molecule has 2 heterocycles. The van der Waals surface area contributed by atoms with Crippen LogP contribution in [-0.4, -0.2) is 58.6 Å². The molecule has 1 aliphatic heterocycles. The van der Waals surface area contributed by atoms with Gasteiger partial charge in [-0.25, -0.2) is 13.4 Å². The van der Waals surface area contributed by atoms with Crippen molar-refractivity contribution in [2.75, 3.05) is 23.8 Å². The second kappa shape index (κ2) is 10.1. The number of imidazole rings is 1. The molecule has 0 spiro atoms. The Labute approximate surface area is 199 Å². The van der Waals surface area contributed by atoms with Crippen molar-refractivity contribution in [3.05, 3.63) is 66.4 Å². The van der Waals surface area contributed by atoms with E-state index in [0.717, 1.165) is 28.5 Å². The first-order valence-corrected chi connectivity index (χ1v) is 14.0. The molecule has 0 bridgehead atoms. The van der Waals surface area contributed by atoms with E-state index in [9.17, 15) is 13.2 Å². The maximum atomic E-state index is 13.1. The molecule has 1 atom stereocenters. The van der Waals surface area contributed by atoms with E-state index in [4.69, 9.17) is 0 Å². The zero-order valence-corrected chi connectivity index (χ0v) is 20.6. The highest BCUT2D eigenvalue weighted by molar-refractivity contribution is 7.99. The Morgan fingerprint density at radius 1 is 1.15 bits per heavy atom. The van der Waals surface area contributed by atoms with Gasteiger partial charge in [-0.1, -0.05) is 66.7 Å². The Bertz CT molecular complexity index is 1210. The number of hydrogen-bond donors (Lipinski definition) is 0. The molecule has 1 amide bonds. The number of amides is 1. The van der Waals surface area contributed by atoms with Crippen molar-refractivity contribution in [1.82, 2.24) is 14.5 Å². The molecule has 2 aromatic carbocycles. The first-order chi connectivity index (χ1) is 15.9. The number of aryl methyl sites for hydroxylation is 1. The smallest absolute Gasteiger partial charge is 0.233 e. The van der Waals surface area contributed by atoms with Crippen LogP contribution in [0.15, 0.2) is 66.0 Å². The lowest BCUT2D eigenvalue weighted by Gasteiger charge is -2.27. The van der Waals surface area contributed by atoms with Crippen molar-refractivity contribution in [2.24, 2.45) is 0 Å². The Morgan fingerprint density at radius 2 is 1.88 bits per heavy atom. The molecular formula is C25H29N3O3S2. The van der Waals surface area contributed by atoms with Gasteiger partial charge in [0.1, 0.15) is 0 Å². The lowest BCUT2D eigenvalue weighted by Crippen LogP contribution is -2.42. The van der Waals surface area contributed by atoms with E-state index in [1.54, 1.807) is 4.90 Å². The summed E-state index contributed by atoms with van der Waals surface area (Å²) in [6.07, 6.45) is 3.16. The third-order valence-electron chi connectivity index (χ3n) is 5.85. The van der Waals surface area contributed by atoms with Gasteiger partial charge in [-0.2, -0.15) is 0 Å². The fourth-order valence-electron chi connectivity index (χ4n) is 4.17. The van der Waals surface area contributed by atoms with Crippen molar-refractivity contribution in [3.63, 3.8) is 0 Å². The average Bonchev–Trinajstić information content (AvgIpc) is 3.39. The summed E-state index contributed by atoms with van der Waals surface area (Å²) in [5, 5.41) is 0.737. The minimum absolute atomic E-state index is 0.0385. The highest BCUT2D eigenvalue weighted by Crippen LogP contribution is 2.30. The van der Waals surface area contributed by atoms with Crippen LogP contribution in [0.25, 0.3) is 16.9 Å². The van der Waals surface area contributed by atoms with E-state index in [0.29, 0.717) is 13.0 Å². The third-order valence-corrected chi connectivity index (χ3v) is 8.54. The molecule has 3 aromatic rings. The number of aromatic nitrogens is 2. The van der Waals surface area contributed by atoms with Crippen molar-refractivity contribution >= 4 is 27.5 Å². The predicted octanol–water partition coefficient (Wildman–Crippen LogP) is 4.37. The van der Waals surface area contributed by atoms with Gasteiger partial charge in [0.05, 0.1) is 29.1 Å². The topological polar surface area (TPSA) is 72.3 Å². The standard InChI is InChI=1S/C25H29N3O3S2/c1-3-14-27(22-13-15-33(30,31)18-22)24(29)17-32-25-26-16-23(20-11-9-19(2)10-12-20)28(25)21-7-5-4-6-8-21/h4-12,16,22H,3,13-15,17-18H2,1-2H3. The molecule has 0 radical (unpaired) electrons. The van der Waals surface area contributed by atoms with Gasteiger partial charge in [0, 0.05) is 23.8 Å². The van der Waals surface area contributed by atoms with E-state index >= 15 is 0 Å². The lowest BCUT2D eigenvalue weighted by molar-refractivity contribution is -0.130. The van der Waals surface area contributed by atoms with E-state index < -0.39 is 9.84 Å². The zero-order valence-electron chi connectivity index (χ0n) is 19.0. The van der Waals surface area contributed by atoms with Crippen LogP contribution in [0.1, 0.15) is 25.3 Å². The van der Waals surface area contributed by atoms with Crippen molar-refractivity contribution < 1.29 is 13.2 Å². The number of carbonyl (C=O) groups excluding carboxylic acids is 1. The highest BCUT2D eigenvalue weighted by Gasteiger charge is 2.34. The molecule has 1 aliphatic rings. The van der Waals surface area contributed by atoms with Crippen LogP contribution >= 0.6 is 11.8 Å². The molecule has 33 heavy (non-hydrogen) atoms. The number of nitrogens with zero attached hydrogens (tertiary/aromatic N) is 3. The summed E-state index contributed by atoms with van der Waals surface area (Å²) in [5.74, 6) is 0.410. The van der Waals surface area contributed by atoms with E-state index in [2.05, 4.69) is 40.7 Å². The van der Waals surface area contributed by atoms with E-state index in [1.807, 2.05) is 43.5 Å². The quantitative estimate of drug-likeness (QED) is 0.445. The van der Waals surface area contributed by atoms with Gasteiger partial charge in [-0.15, -0.1) is 0 Å². The zero-order chi connectivity index (χ0) is 23.4. The van der Waals surface area contributed by atoms with Gasteiger partial charge in [0.25, 0.3) is 0 Å². The Kier molecular flexibility index (Phi) is 7.24. The van der Waals surface area contributed by atoms with Gasteiger partial charge in [-0.3, -0.25) is 9.36 Å². The summed E-state index contributed by atoms with van der Waals surface area (Å²) < 4.78 is 26.0. The van der Waals surface area contributed by atoms with Crippen molar-refractivity contribution in [1.29, 1.82) is 0 Å². The van der Waals surface area contributed by atoms with Gasteiger partial charge >= 0.3 is 0 Å². The SMILES string of the molecule is CCCN(C(=O)CSc1ncc(-c2ccc(C)cc2)n1-c1ccccc1)C1CCS(=O)(=O)C1. The minimum atomic E-state index is -3.05. The second-order valence-electron chi connectivity index (χ2n) is 8.40. The number of para-hydroxylation sites is 1. The lowest BCUT2D eigenvalue weighted by atomic mass is 10.1. The van der Waals surface area contributed by atoms with Gasteiger partial charge < -0.3 is 4.90 Å². The molecule has 8 heteroatoms. The molecule has 0 aliphatic carbocycles. The Balaban J connectivity index is 1.59. The molecule has 1 fully saturated rings. The Morgan fingerprint density at radius 3 is 2.52 bits per heavy atom. The Hall–Kier alpha value is -2.58. The summed E-state index contributed by atoms with van der Waals surface area (Å²) in [6.45, 7) is 4.64. The second-order valence-corrected chi connectivity index (χ2v) is 11.6. The molecule has 1 aromatic heterocycles. The normalized spacial score (nSPS) is 17.2. The molecule has 4 rings (SSSR count). The number of benzene rings is 2. The average molecular weight is 484 g/mol. The van der Waals surface area contributed by atoms with Crippen LogP contribution in [0.3, 0.4) is 0 Å². The maximum absolute atomic E-state index is 13.1.